The molecule has 0 unspecified atom stereocenters. The van der Waals surface area contributed by atoms with Gasteiger partial charge in [0.2, 0.25) is 0 Å². The van der Waals surface area contributed by atoms with E-state index in [4.69, 9.17) is 10.00 Å². The van der Waals surface area contributed by atoms with E-state index >= 15 is 0 Å². The van der Waals surface area contributed by atoms with Gasteiger partial charge in [0.25, 0.3) is 0 Å². The largest absolute Gasteiger partial charge is 0.493 e. The highest BCUT2D eigenvalue weighted by atomic mass is 16.5. The lowest BCUT2D eigenvalue weighted by atomic mass is 10.0. The molecule has 0 aromatic heterocycles. The van der Waals surface area contributed by atoms with Crippen LogP contribution in [0.25, 0.3) is 0 Å². The minimum absolute atomic E-state index is 0.597. The summed E-state index contributed by atoms with van der Waals surface area (Å²) < 4.78 is 5.70. The second kappa shape index (κ2) is 5.53. The van der Waals surface area contributed by atoms with Gasteiger partial charge in [-0.25, -0.2) is 0 Å². The number of ether oxygens (including phenoxy) is 1. The first-order valence-corrected chi connectivity index (χ1v) is 5.72. The van der Waals surface area contributed by atoms with Gasteiger partial charge in [0.1, 0.15) is 5.75 Å². The van der Waals surface area contributed by atoms with Crippen LogP contribution in [0.5, 0.6) is 5.75 Å². The van der Waals surface area contributed by atoms with Gasteiger partial charge >= 0.3 is 0 Å². The van der Waals surface area contributed by atoms with Gasteiger partial charge in [-0.1, -0.05) is 6.07 Å². The van der Waals surface area contributed by atoms with E-state index in [1.165, 1.54) is 12.8 Å². The summed E-state index contributed by atoms with van der Waals surface area (Å²) in [7, 11) is 0. The summed E-state index contributed by atoms with van der Waals surface area (Å²) in [5.41, 5.74) is 0.652. The van der Waals surface area contributed by atoms with Crippen molar-refractivity contribution in [3.05, 3.63) is 29.8 Å². The number of hydrogen-bond acceptors (Lipinski definition) is 3. The van der Waals surface area contributed by atoms with Crippen LogP contribution in [0, 0.1) is 17.2 Å². The van der Waals surface area contributed by atoms with Gasteiger partial charge in [0, 0.05) is 12.5 Å². The molecule has 0 radical (unpaired) electrons. The number of rotatable bonds is 3. The zero-order valence-electron chi connectivity index (χ0n) is 9.28. The quantitative estimate of drug-likeness (QED) is 0.839. The Labute approximate surface area is 96.0 Å². The Kier molecular flexibility index (Phi) is 3.79. The van der Waals surface area contributed by atoms with Crippen LogP contribution in [0.15, 0.2) is 24.3 Å². The van der Waals surface area contributed by atoms with Gasteiger partial charge in [-0.15, -0.1) is 0 Å². The van der Waals surface area contributed by atoms with E-state index in [0.717, 1.165) is 25.4 Å². The van der Waals surface area contributed by atoms with Gasteiger partial charge < -0.3 is 10.1 Å². The standard InChI is InChI=1S/C13H16N2O/c14-8-11-3-1-5-13(7-11)16-10-12-4-2-6-15-9-12/h1,3,5,7,12,15H,2,4,6,9-10H2/t12-/m1/s1. The molecule has 1 saturated heterocycles. The number of hydrogen-bond donors (Lipinski definition) is 1. The van der Waals surface area contributed by atoms with Crippen LogP contribution in [0.2, 0.25) is 0 Å². The minimum Gasteiger partial charge on any atom is -0.493 e. The Balaban J connectivity index is 1.86. The van der Waals surface area contributed by atoms with Gasteiger partial charge in [-0.3, -0.25) is 0 Å². The van der Waals surface area contributed by atoms with Crippen molar-refractivity contribution in [1.82, 2.24) is 5.32 Å². The maximum Gasteiger partial charge on any atom is 0.120 e. The third-order valence-corrected chi connectivity index (χ3v) is 2.85. The molecule has 1 aliphatic heterocycles. The number of piperidine rings is 1. The molecule has 1 aromatic rings. The molecule has 16 heavy (non-hydrogen) atoms. The van der Waals surface area contributed by atoms with E-state index in [2.05, 4.69) is 11.4 Å². The number of benzene rings is 1. The molecule has 84 valence electrons. The topological polar surface area (TPSA) is 45.0 Å². The van der Waals surface area contributed by atoms with E-state index in [-0.39, 0.29) is 0 Å². The minimum atomic E-state index is 0.597. The zero-order chi connectivity index (χ0) is 11.2. The number of nitrogens with one attached hydrogen (secondary N) is 1. The van der Waals surface area contributed by atoms with Crippen molar-refractivity contribution >= 4 is 0 Å². The third-order valence-electron chi connectivity index (χ3n) is 2.85. The predicted octanol–water partition coefficient (Wildman–Crippen LogP) is 1.94. The normalized spacial score (nSPS) is 20.1. The molecule has 1 aliphatic rings. The van der Waals surface area contributed by atoms with Gasteiger partial charge in [0.05, 0.1) is 18.2 Å². The Bertz CT molecular complexity index is 378. The highest BCUT2D eigenvalue weighted by Gasteiger charge is 2.13. The fraction of sp³-hybridized carbons (Fsp3) is 0.462. The van der Waals surface area contributed by atoms with Crippen LogP contribution >= 0.6 is 0 Å². The van der Waals surface area contributed by atoms with Crippen molar-refractivity contribution in [3.8, 4) is 11.8 Å². The highest BCUT2D eigenvalue weighted by Crippen LogP contribution is 2.16. The maximum atomic E-state index is 8.76. The summed E-state index contributed by atoms with van der Waals surface area (Å²) in [6.07, 6.45) is 2.46. The first-order valence-electron chi connectivity index (χ1n) is 5.72. The van der Waals surface area contributed by atoms with E-state index in [1.807, 2.05) is 12.1 Å². The SMILES string of the molecule is N#Cc1cccc(OC[C@@H]2CCCNC2)c1. The molecule has 1 N–H and O–H groups in total. The molecule has 3 nitrogen and oxygen atoms in total. The Morgan fingerprint density at radius 3 is 3.19 bits per heavy atom. The molecule has 0 bridgehead atoms. The summed E-state index contributed by atoms with van der Waals surface area (Å²) in [6.45, 7) is 2.90. The van der Waals surface area contributed by atoms with Crippen LogP contribution in [-0.2, 0) is 0 Å². The van der Waals surface area contributed by atoms with E-state index < -0.39 is 0 Å². The first-order chi connectivity index (χ1) is 7.88. The van der Waals surface area contributed by atoms with Crippen molar-refractivity contribution in [1.29, 1.82) is 5.26 Å². The molecular weight excluding hydrogens is 200 g/mol. The van der Waals surface area contributed by atoms with Crippen molar-refractivity contribution in [2.24, 2.45) is 5.92 Å². The van der Waals surface area contributed by atoms with Crippen molar-refractivity contribution in [2.75, 3.05) is 19.7 Å². The molecule has 0 saturated carbocycles. The van der Waals surface area contributed by atoms with Crippen LogP contribution in [-0.4, -0.2) is 19.7 Å². The summed E-state index contributed by atoms with van der Waals surface area (Å²) in [6, 6.07) is 9.44. The summed E-state index contributed by atoms with van der Waals surface area (Å²) in [4.78, 5) is 0. The molecule has 2 rings (SSSR count). The molecule has 1 aromatic carbocycles. The fourth-order valence-corrected chi connectivity index (χ4v) is 1.94. The van der Waals surface area contributed by atoms with Crippen molar-refractivity contribution in [3.63, 3.8) is 0 Å². The molecule has 0 spiro atoms. The predicted molar refractivity (Wildman–Crippen MR) is 62.2 cm³/mol. The van der Waals surface area contributed by atoms with E-state index in [9.17, 15) is 0 Å². The lowest BCUT2D eigenvalue weighted by Gasteiger charge is -2.22. The van der Waals surface area contributed by atoms with Crippen LogP contribution in [0.1, 0.15) is 18.4 Å². The summed E-state index contributed by atoms with van der Waals surface area (Å²) in [5.74, 6) is 1.39. The molecule has 1 heterocycles. The second-order valence-corrected chi connectivity index (χ2v) is 4.16. The molecule has 1 fully saturated rings. The average molecular weight is 216 g/mol. The monoisotopic (exact) mass is 216 g/mol. The van der Waals surface area contributed by atoms with Gasteiger partial charge in [0.15, 0.2) is 0 Å². The van der Waals surface area contributed by atoms with Crippen LogP contribution in [0.4, 0.5) is 0 Å². The first kappa shape index (κ1) is 11.0. The molecule has 0 amide bonds. The van der Waals surface area contributed by atoms with Crippen LogP contribution < -0.4 is 10.1 Å². The second-order valence-electron chi connectivity index (χ2n) is 4.16. The van der Waals surface area contributed by atoms with Gasteiger partial charge in [-0.05, 0) is 37.6 Å². The van der Waals surface area contributed by atoms with E-state index in [1.54, 1.807) is 12.1 Å². The molecular formula is C13H16N2O. The summed E-state index contributed by atoms with van der Waals surface area (Å²) in [5, 5.41) is 12.1. The lowest BCUT2D eigenvalue weighted by molar-refractivity contribution is 0.218. The highest BCUT2D eigenvalue weighted by molar-refractivity contribution is 5.36. The molecule has 0 aliphatic carbocycles. The Morgan fingerprint density at radius 2 is 2.44 bits per heavy atom. The Morgan fingerprint density at radius 1 is 1.50 bits per heavy atom. The lowest BCUT2D eigenvalue weighted by Crippen LogP contribution is -2.33. The fourth-order valence-electron chi connectivity index (χ4n) is 1.94. The zero-order valence-corrected chi connectivity index (χ0v) is 9.28. The van der Waals surface area contributed by atoms with Crippen molar-refractivity contribution in [2.45, 2.75) is 12.8 Å². The van der Waals surface area contributed by atoms with Crippen LogP contribution in [0.3, 0.4) is 0 Å². The molecule has 1 atom stereocenters. The molecule has 3 heteroatoms. The average Bonchev–Trinajstić information content (AvgIpc) is 2.38. The third kappa shape index (κ3) is 2.98. The summed E-state index contributed by atoms with van der Waals surface area (Å²) >= 11 is 0. The van der Waals surface area contributed by atoms with Crippen molar-refractivity contribution < 1.29 is 4.74 Å². The van der Waals surface area contributed by atoms with Gasteiger partial charge in [-0.2, -0.15) is 5.26 Å². The maximum absolute atomic E-state index is 8.76. The van der Waals surface area contributed by atoms with E-state index in [0.29, 0.717) is 11.5 Å². The number of nitriles is 1. The Hall–Kier alpha value is -1.53. The number of nitrogens with zero attached hydrogens (tertiary/aromatic N) is 1. The smallest absolute Gasteiger partial charge is 0.120 e.